The van der Waals surface area contributed by atoms with Gasteiger partial charge in [0.05, 0.1) is 19.2 Å². The van der Waals surface area contributed by atoms with Crippen molar-refractivity contribution in [3.8, 4) is 5.75 Å². The summed E-state index contributed by atoms with van der Waals surface area (Å²) >= 11 is 0. The molecule has 4 amide bonds. The monoisotopic (exact) mass is 461 g/mol. The van der Waals surface area contributed by atoms with Crippen LogP contribution in [0.5, 0.6) is 5.75 Å². The topological polar surface area (TPSA) is 79.0 Å². The van der Waals surface area contributed by atoms with E-state index in [-0.39, 0.29) is 18.9 Å². The SMILES string of the molecule is COc1ccc(N2C(=O)C[C@@H](N(CCc3ccccc3)C(=O)Nc3ccc(F)cc3)C2=O)cc1. The highest BCUT2D eigenvalue weighted by Gasteiger charge is 2.44. The smallest absolute Gasteiger partial charge is 0.322 e. The second kappa shape index (κ2) is 10.2. The summed E-state index contributed by atoms with van der Waals surface area (Å²) in [6.45, 7) is 0.219. The summed E-state index contributed by atoms with van der Waals surface area (Å²) in [4.78, 5) is 41.8. The number of carbonyl (C=O) groups excluding carboxylic acids is 3. The molecule has 1 aliphatic rings. The molecule has 0 saturated carbocycles. The van der Waals surface area contributed by atoms with E-state index >= 15 is 0 Å². The zero-order valence-corrected chi connectivity index (χ0v) is 18.6. The maximum Gasteiger partial charge on any atom is 0.322 e. The van der Waals surface area contributed by atoms with Gasteiger partial charge in [-0.1, -0.05) is 30.3 Å². The van der Waals surface area contributed by atoms with Crippen LogP contribution in [-0.4, -0.2) is 42.4 Å². The van der Waals surface area contributed by atoms with Gasteiger partial charge < -0.3 is 15.0 Å². The lowest BCUT2D eigenvalue weighted by molar-refractivity contribution is -0.122. The average molecular weight is 461 g/mol. The molecule has 0 aromatic heterocycles. The lowest BCUT2D eigenvalue weighted by Crippen LogP contribution is -2.48. The van der Waals surface area contributed by atoms with Gasteiger partial charge in [-0.2, -0.15) is 0 Å². The summed E-state index contributed by atoms with van der Waals surface area (Å²) in [6, 6.07) is 20.0. The summed E-state index contributed by atoms with van der Waals surface area (Å²) in [7, 11) is 1.53. The lowest BCUT2D eigenvalue weighted by Gasteiger charge is -2.28. The third-order valence-corrected chi connectivity index (χ3v) is 5.67. The van der Waals surface area contributed by atoms with Gasteiger partial charge in [-0.05, 0) is 60.5 Å². The fourth-order valence-corrected chi connectivity index (χ4v) is 3.88. The van der Waals surface area contributed by atoms with E-state index in [0.29, 0.717) is 23.5 Å². The first-order valence-electron chi connectivity index (χ1n) is 10.8. The van der Waals surface area contributed by atoms with E-state index in [1.54, 1.807) is 24.3 Å². The summed E-state index contributed by atoms with van der Waals surface area (Å²) in [6.07, 6.45) is 0.370. The van der Waals surface area contributed by atoms with Crippen molar-refractivity contribution in [3.05, 3.63) is 90.2 Å². The number of anilines is 2. The van der Waals surface area contributed by atoms with E-state index in [1.165, 1.54) is 36.3 Å². The number of ether oxygens (including phenoxy) is 1. The number of imide groups is 1. The second-order valence-corrected chi connectivity index (χ2v) is 7.85. The van der Waals surface area contributed by atoms with Crippen LogP contribution in [-0.2, 0) is 16.0 Å². The van der Waals surface area contributed by atoms with Crippen molar-refractivity contribution in [2.75, 3.05) is 23.9 Å². The number of hydrogen-bond donors (Lipinski definition) is 1. The Morgan fingerprint density at radius 1 is 1.03 bits per heavy atom. The number of nitrogens with one attached hydrogen (secondary N) is 1. The Morgan fingerprint density at radius 2 is 1.71 bits per heavy atom. The molecule has 0 radical (unpaired) electrons. The van der Waals surface area contributed by atoms with Crippen LogP contribution in [0.2, 0.25) is 0 Å². The molecule has 8 heteroatoms. The maximum atomic E-state index is 13.3. The second-order valence-electron chi connectivity index (χ2n) is 7.85. The molecule has 3 aromatic rings. The van der Waals surface area contributed by atoms with Crippen molar-refractivity contribution in [1.29, 1.82) is 0 Å². The van der Waals surface area contributed by atoms with E-state index in [0.717, 1.165) is 10.5 Å². The van der Waals surface area contributed by atoms with Crippen LogP contribution < -0.4 is 15.0 Å². The van der Waals surface area contributed by atoms with Gasteiger partial charge in [0.15, 0.2) is 0 Å². The number of halogens is 1. The number of benzene rings is 3. The zero-order chi connectivity index (χ0) is 24.1. The number of rotatable bonds is 7. The highest BCUT2D eigenvalue weighted by Crippen LogP contribution is 2.28. The highest BCUT2D eigenvalue weighted by atomic mass is 19.1. The molecule has 0 unspecified atom stereocenters. The Bertz CT molecular complexity index is 1170. The molecule has 174 valence electrons. The molecular weight excluding hydrogens is 437 g/mol. The van der Waals surface area contributed by atoms with Crippen molar-refractivity contribution in [1.82, 2.24) is 4.90 Å². The molecule has 34 heavy (non-hydrogen) atoms. The summed E-state index contributed by atoms with van der Waals surface area (Å²) in [5, 5.41) is 2.71. The van der Waals surface area contributed by atoms with Gasteiger partial charge in [0.25, 0.3) is 5.91 Å². The largest absolute Gasteiger partial charge is 0.497 e. The minimum Gasteiger partial charge on any atom is -0.497 e. The number of hydrogen-bond acceptors (Lipinski definition) is 4. The first-order valence-corrected chi connectivity index (χ1v) is 10.8. The molecule has 0 aliphatic carbocycles. The van der Waals surface area contributed by atoms with Crippen molar-refractivity contribution in [2.45, 2.75) is 18.9 Å². The zero-order valence-electron chi connectivity index (χ0n) is 18.6. The summed E-state index contributed by atoms with van der Waals surface area (Å²) < 4.78 is 18.4. The predicted octanol–water partition coefficient (Wildman–Crippen LogP) is 4.24. The normalized spacial score (nSPS) is 15.4. The molecule has 0 bridgehead atoms. The summed E-state index contributed by atoms with van der Waals surface area (Å²) in [5.41, 5.74) is 1.80. The standard InChI is InChI=1S/C26H24FN3O4/c1-34-22-13-11-21(12-14-22)30-24(31)17-23(25(30)32)29(16-15-18-5-3-2-4-6-18)26(33)28-20-9-7-19(27)8-10-20/h2-14,23H,15-17H2,1H3,(H,28,33)/t23-/m1/s1. The number of amides is 4. The van der Waals surface area contributed by atoms with Gasteiger partial charge in [-0.25, -0.2) is 14.1 Å². The first kappa shape index (κ1) is 23.0. The first-order chi connectivity index (χ1) is 16.5. The Balaban J connectivity index is 1.57. The number of methoxy groups -OCH3 is 1. The fourth-order valence-electron chi connectivity index (χ4n) is 3.88. The molecule has 4 rings (SSSR count). The molecule has 1 aliphatic heterocycles. The van der Waals surface area contributed by atoms with Crippen LogP contribution >= 0.6 is 0 Å². The Hall–Kier alpha value is -4.20. The molecule has 1 saturated heterocycles. The molecule has 1 atom stereocenters. The number of urea groups is 1. The van der Waals surface area contributed by atoms with Gasteiger partial charge >= 0.3 is 6.03 Å². The van der Waals surface area contributed by atoms with E-state index in [4.69, 9.17) is 4.74 Å². The van der Waals surface area contributed by atoms with Gasteiger partial charge in [-0.15, -0.1) is 0 Å². The Morgan fingerprint density at radius 3 is 2.35 bits per heavy atom. The number of carbonyl (C=O) groups is 3. The highest BCUT2D eigenvalue weighted by molar-refractivity contribution is 6.23. The van der Waals surface area contributed by atoms with E-state index in [2.05, 4.69) is 5.32 Å². The van der Waals surface area contributed by atoms with E-state index < -0.39 is 23.8 Å². The van der Waals surface area contributed by atoms with Crippen LogP contribution in [0.1, 0.15) is 12.0 Å². The maximum absolute atomic E-state index is 13.3. The molecule has 7 nitrogen and oxygen atoms in total. The fraction of sp³-hybridized carbons (Fsp3) is 0.192. The molecule has 1 fully saturated rings. The molecule has 3 aromatic carbocycles. The van der Waals surface area contributed by atoms with Crippen molar-refractivity contribution in [3.63, 3.8) is 0 Å². The van der Waals surface area contributed by atoms with E-state index in [9.17, 15) is 18.8 Å². The van der Waals surface area contributed by atoms with Crippen molar-refractivity contribution in [2.24, 2.45) is 0 Å². The van der Waals surface area contributed by atoms with Crippen LogP contribution in [0, 0.1) is 5.82 Å². The van der Waals surface area contributed by atoms with Crippen LogP contribution in [0.15, 0.2) is 78.9 Å². The molecule has 1 N–H and O–H groups in total. The van der Waals surface area contributed by atoms with Crippen LogP contribution in [0.25, 0.3) is 0 Å². The third-order valence-electron chi connectivity index (χ3n) is 5.67. The van der Waals surface area contributed by atoms with Crippen molar-refractivity contribution >= 4 is 29.2 Å². The van der Waals surface area contributed by atoms with Gasteiger partial charge in [-0.3, -0.25) is 9.59 Å². The van der Waals surface area contributed by atoms with Crippen LogP contribution in [0.4, 0.5) is 20.6 Å². The quantitative estimate of drug-likeness (QED) is 0.534. The third kappa shape index (κ3) is 5.06. The molecular formula is C26H24FN3O4. The van der Waals surface area contributed by atoms with Crippen LogP contribution in [0.3, 0.4) is 0 Å². The minimum absolute atomic E-state index is 0.128. The van der Waals surface area contributed by atoms with E-state index in [1.807, 2.05) is 30.3 Å². The Labute approximate surface area is 196 Å². The van der Waals surface area contributed by atoms with Gasteiger partial charge in [0.2, 0.25) is 5.91 Å². The lowest BCUT2D eigenvalue weighted by atomic mass is 10.1. The van der Waals surface area contributed by atoms with Gasteiger partial charge in [0.1, 0.15) is 17.6 Å². The van der Waals surface area contributed by atoms with Crippen molar-refractivity contribution < 1.29 is 23.5 Å². The average Bonchev–Trinajstić information content (AvgIpc) is 3.15. The number of nitrogens with zero attached hydrogens (tertiary/aromatic N) is 2. The molecule has 0 spiro atoms. The van der Waals surface area contributed by atoms with Gasteiger partial charge in [0, 0.05) is 12.2 Å². The predicted molar refractivity (Wildman–Crippen MR) is 126 cm³/mol. The Kier molecular flexibility index (Phi) is 6.87. The summed E-state index contributed by atoms with van der Waals surface area (Å²) in [5.74, 6) is -0.690. The molecule has 1 heterocycles. The minimum atomic E-state index is -0.959.